The number of aliphatic hydroxyl groups is 1. The van der Waals surface area contributed by atoms with E-state index in [0.717, 1.165) is 5.69 Å². The van der Waals surface area contributed by atoms with Gasteiger partial charge in [0.2, 0.25) is 0 Å². The Morgan fingerprint density at radius 1 is 1.69 bits per heavy atom. The molecule has 0 saturated heterocycles. The molecule has 2 atom stereocenters. The fraction of sp³-hybridized carbons (Fsp3) is 0.667. The fourth-order valence-electron chi connectivity index (χ4n) is 1.24. The average molecular weight is 184 g/mol. The van der Waals surface area contributed by atoms with Crippen LogP contribution in [0.3, 0.4) is 0 Å². The predicted molar refractivity (Wildman–Crippen MR) is 49.3 cm³/mol. The van der Waals surface area contributed by atoms with Crippen molar-refractivity contribution in [2.24, 2.45) is 7.05 Å². The van der Waals surface area contributed by atoms with Crippen molar-refractivity contribution >= 4 is 0 Å². The van der Waals surface area contributed by atoms with E-state index in [1.165, 1.54) is 0 Å². The molecule has 0 fully saturated rings. The van der Waals surface area contributed by atoms with E-state index >= 15 is 0 Å². The second-order valence-corrected chi connectivity index (χ2v) is 3.18. The summed E-state index contributed by atoms with van der Waals surface area (Å²) in [5.74, 6) is 0. The maximum atomic E-state index is 9.75. The largest absolute Gasteiger partial charge is 0.387 e. The maximum absolute atomic E-state index is 9.75. The van der Waals surface area contributed by atoms with Crippen molar-refractivity contribution in [3.63, 3.8) is 0 Å². The zero-order valence-electron chi connectivity index (χ0n) is 8.27. The molecule has 0 bridgehead atoms. The van der Waals surface area contributed by atoms with E-state index in [1.54, 1.807) is 18.0 Å². The lowest BCUT2D eigenvalue weighted by Crippen LogP contribution is -2.13. The van der Waals surface area contributed by atoms with E-state index in [4.69, 9.17) is 4.74 Å². The van der Waals surface area contributed by atoms with Crippen LogP contribution < -0.4 is 0 Å². The molecule has 0 aliphatic carbocycles. The summed E-state index contributed by atoms with van der Waals surface area (Å²) in [6, 6.07) is 1.81. The molecule has 0 aromatic carbocycles. The molecule has 0 spiro atoms. The summed E-state index contributed by atoms with van der Waals surface area (Å²) in [6.07, 6.45) is 1.83. The van der Waals surface area contributed by atoms with Crippen LogP contribution in [0.15, 0.2) is 12.3 Å². The molecule has 1 rings (SSSR count). The summed E-state index contributed by atoms with van der Waals surface area (Å²) in [7, 11) is 3.46. The fourth-order valence-corrected chi connectivity index (χ4v) is 1.24. The number of methoxy groups -OCH3 is 1. The molecule has 1 N–H and O–H groups in total. The lowest BCUT2D eigenvalue weighted by Gasteiger charge is -2.15. The summed E-state index contributed by atoms with van der Waals surface area (Å²) in [6.45, 7) is 1.93. The van der Waals surface area contributed by atoms with Crippen molar-refractivity contribution in [1.29, 1.82) is 0 Å². The van der Waals surface area contributed by atoms with Crippen LogP contribution in [0.25, 0.3) is 0 Å². The van der Waals surface area contributed by atoms with Gasteiger partial charge in [-0.25, -0.2) is 0 Å². The Bertz CT molecular complexity index is 260. The Morgan fingerprint density at radius 3 is 2.85 bits per heavy atom. The zero-order valence-corrected chi connectivity index (χ0v) is 8.27. The third-order valence-electron chi connectivity index (χ3n) is 2.16. The van der Waals surface area contributed by atoms with Crippen LogP contribution in [0.2, 0.25) is 0 Å². The van der Waals surface area contributed by atoms with Crippen molar-refractivity contribution in [3.8, 4) is 0 Å². The van der Waals surface area contributed by atoms with E-state index in [1.807, 2.05) is 20.0 Å². The standard InChI is InChI=1S/C9H16N2O2/c1-7(13-3)6-9(12)8-4-5-10-11(8)2/h4-5,7,9,12H,6H2,1-3H3. The molecular weight excluding hydrogens is 168 g/mol. The van der Waals surface area contributed by atoms with Crippen LogP contribution in [0.1, 0.15) is 25.1 Å². The van der Waals surface area contributed by atoms with Crippen LogP contribution in [0.5, 0.6) is 0 Å². The molecule has 1 heterocycles. The van der Waals surface area contributed by atoms with Crippen molar-refractivity contribution in [2.45, 2.75) is 25.6 Å². The lowest BCUT2D eigenvalue weighted by molar-refractivity contribution is 0.0528. The number of ether oxygens (including phenoxy) is 1. The smallest absolute Gasteiger partial charge is 0.0981 e. The van der Waals surface area contributed by atoms with Crippen molar-refractivity contribution in [2.75, 3.05) is 7.11 Å². The van der Waals surface area contributed by atoms with Crippen molar-refractivity contribution in [1.82, 2.24) is 9.78 Å². The van der Waals surface area contributed by atoms with Gasteiger partial charge in [0.05, 0.1) is 17.9 Å². The lowest BCUT2D eigenvalue weighted by atomic mass is 10.1. The summed E-state index contributed by atoms with van der Waals surface area (Å²) >= 11 is 0. The van der Waals surface area contributed by atoms with Crippen LogP contribution in [-0.2, 0) is 11.8 Å². The Kier molecular flexibility index (Phi) is 3.45. The van der Waals surface area contributed by atoms with Crippen LogP contribution in [0, 0.1) is 0 Å². The monoisotopic (exact) mass is 184 g/mol. The van der Waals surface area contributed by atoms with E-state index < -0.39 is 6.10 Å². The van der Waals surface area contributed by atoms with Gasteiger partial charge in [0.15, 0.2) is 0 Å². The first-order chi connectivity index (χ1) is 6.15. The molecule has 0 amide bonds. The number of aliphatic hydroxyl groups excluding tert-OH is 1. The molecule has 1 aromatic heterocycles. The van der Waals surface area contributed by atoms with Gasteiger partial charge in [-0.05, 0) is 13.0 Å². The van der Waals surface area contributed by atoms with Crippen LogP contribution in [-0.4, -0.2) is 28.1 Å². The number of nitrogens with zero attached hydrogens (tertiary/aromatic N) is 2. The Balaban J connectivity index is 2.58. The second-order valence-electron chi connectivity index (χ2n) is 3.18. The van der Waals surface area contributed by atoms with Gasteiger partial charge in [0, 0.05) is 26.8 Å². The number of hydrogen-bond acceptors (Lipinski definition) is 3. The first-order valence-electron chi connectivity index (χ1n) is 4.34. The van der Waals surface area contributed by atoms with Gasteiger partial charge in [-0.2, -0.15) is 5.10 Å². The van der Waals surface area contributed by atoms with Crippen LogP contribution >= 0.6 is 0 Å². The van der Waals surface area contributed by atoms with Gasteiger partial charge in [-0.15, -0.1) is 0 Å². The van der Waals surface area contributed by atoms with Gasteiger partial charge in [-0.3, -0.25) is 4.68 Å². The molecule has 13 heavy (non-hydrogen) atoms. The van der Waals surface area contributed by atoms with Gasteiger partial charge >= 0.3 is 0 Å². The molecule has 0 aliphatic rings. The van der Waals surface area contributed by atoms with Crippen molar-refractivity contribution < 1.29 is 9.84 Å². The highest BCUT2D eigenvalue weighted by molar-refractivity contribution is 5.03. The third kappa shape index (κ3) is 2.54. The minimum absolute atomic E-state index is 0.0601. The SMILES string of the molecule is COC(C)CC(O)c1ccnn1C. The Labute approximate surface area is 78.1 Å². The number of hydrogen-bond donors (Lipinski definition) is 1. The summed E-state index contributed by atoms with van der Waals surface area (Å²) in [4.78, 5) is 0. The molecule has 74 valence electrons. The highest BCUT2D eigenvalue weighted by Crippen LogP contribution is 2.17. The molecule has 0 saturated carbocycles. The normalized spacial score (nSPS) is 15.7. The maximum Gasteiger partial charge on any atom is 0.0981 e. The van der Waals surface area contributed by atoms with E-state index in [2.05, 4.69) is 5.10 Å². The third-order valence-corrected chi connectivity index (χ3v) is 2.16. The Hall–Kier alpha value is -0.870. The predicted octanol–water partition coefficient (Wildman–Crippen LogP) is 0.879. The average Bonchev–Trinajstić information content (AvgIpc) is 2.51. The van der Waals surface area contributed by atoms with E-state index in [0.29, 0.717) is 6.42 Å². The highest BCUT2D eigenvalue weighted by atomic mass is 16.5. The topological polar surface area (TPSA) is 47.3 Å². The molecule has 1 aromatic rings. The molecule has 4 heteroatoms. The van der Waals surface area contributed by atoms with E-state index in [-0.39, 0.29) is 6.10 Å². The van der Waals surface area contributed by atoms with Gasteiger partial charge in [0.1, 0.15) is 0 Å². The van der Waals surface area contributed by atoms with Crippen molar-refractivity contribution in [3.05, 3.63) is 18.0 Å². The first kappa shape index (κ1) is 10.2. The minimum Gasteiger partial charge on any atom is -0.387 e. The summed E-state index contributed by atoms with van der Waals surface area (Å²) in [5.41, 5.74) is 0.823. The zero-order chi connectivity index (χ0) is 9.84. The molecular formula is C9H16N2O2. The van der Waals surface area contributed by atoms with Crippen LogP contribution in [0.4, 0.5) is 0 Å². The van der Waals surface area contributed by atoms with Gasteiger partial charge in [-0.1, -0.05) is 0 Å². The summed E-state index contributed by atoms with van der Waals surface area (Å²) < 4.78 is 6.74. The highest BCUT2D eigenvalue weighted by Gasteiger charge is 2.14. The first-order valence-corrected chi connectivity index (χ1v) is 4.34. The second kappa shape index (κ2) is 4.39. The molecule has 2 unspecified atom stereocenters. The van der Waals surface area contributed by atoms with Gasteiger partial charge in [0.25, 0.3) is 0 Å². The molecule has 0 aliphatic heterocycles. The number of aryl methyl sites for hydroxylation is 1. The molecule has 4 nitrogen and oxygen atoms in total. The number of rotatable bonds is 4. The summed E-state index contributed by atoms with van der Waals surface area (Å²) in [5, 5.41) is 13.7. The van der Waals surface area contributed by atoms with E-state index in [9.17, 15) is 5.11 Å². The van der Waals surface area contributed by atoms with Gasteiger partial charge < -0.3 is 9.84 Å². The minimum atomic E-state index is -0.498. The molecule has 0 radical (unpaired) electrons. The Morgan fingerprint density at radius 2 is 2.38 bits per heavy atom. The quantitative estimate of drug-likeness (QED) is 0.755. The number of aromatic nitrogens is 2.